The van der Waals surface area contributed by atoms with Crippen LogP contribution in [0.1, 0.15) is 27.5 Å². The molecule has 7 heteroatoms. The van der Waals surface area contributed by atoms with E-state index >= 15 is 0 Å². The Kier molecular flexibility index (Phi) is 7.82. The second-order valence-electron chi connectivity index (χ2n) is 8.66. The minimum atomic E-state index is -3.69. The first-order valence-corrected chi connectivity index (χ1v) is 13.9. The standard InChI is InChI=1S/C29H28N2O3S2/c1-20-10-17-26(18-11-20)36(33,34)31-24-13-15-25(16-14-24)35-28(23-7-5-4-6-8-23)29(32)30-27-19-21(2)9-12-22(27)3/h4-19,28,31H,1-3H3,(H,30,32). The molecular weight excluding hydrogens is 488 g/mol. The molecule has 0 bridgehead atoms. The molecule has 4 aromatic rings. The fourth-order valence-electron chi connectivity index (χ4n) is 3.64. The Balaban J connectivity index is 1.53. The molecule has 4 aromatic carbocycles. The minimum Gasteiger partial charge on any atom is -0.325 e. The van der Waals surface area contributed by atoms with Crippen molar-refractivity contribution >= 4 is 39.1 Å². The van der Waals surface area contributed by atoms with Crippen molar-refractivity contribution in [3.63, 3.8) is 0 Å². The van der Waals surface area contributed by atoms with Gasteiger partial charge in [0.1, 0.15) is 5.25 Å². The lowest BCUT2D eigenvalue weighted by molar-refractivity contribution is -0.115. The summed E-state index contributed by atoms with van der Waals surface area (Å²) in [7, 11) is -3.69. The fourth-order valence-corrected chi connectivity index (χ4v) is 5.72. The van der Waals surface area contributed by atoms with Gasteiger partial charge >= 0.3 is 0 Å². The second-order valence-corrected chi connectivity index (χ2v) is 11.5. The normalized spacial score (nSPS) is 12.1. The molecule has 0 radical (unpaired) electrons. The van der Waals surface area contributed by atoms with Crippen LogP contribution in [0, 0.1) is 20.8 Å². The molecular formula is C29H28N2O3S2. The summed E-state index contributed by atoms with van der Waals surface area (Å²) in [6.07, 6.45) is 0. The third kappa shape index (κ3) is 6.36. The maximum atomic E-state index is 13.4. The summed E-state index contributed by atoms with van der Waals surface area (Å²) in [5, 5.41) is 2.60. The zero-order chi connectivity index (χ0) is 25.7. The van der Waals surface area contributed by atoms with Gasteiger partial charge in [-0.15, -0.1) is 11.8 Å². The van der Waals surface area contributed by atoms with Crippen molar-refractivity contribution in [1.29, 1.82) is 0 Å². The van der Waals surface area contributed by atoms with Crippen LogP contribution in [0.5, 0.6) is 0 Å². The Bertz CT molecular complexity index is 1450. The molecule has 1 amide bonds. The average Bonchev–Trinajstić information content (AvgIpc) is 2.86. The van der Waals surface area contributed by atoms with Crippen LogP contribution in [0.2, 0.25) is 0 Å². The molecule has 4 rings (SSSR count). The van der Waals surface area contributed by atoms with E-state index in [1.165, 1.54) is 11.8 Å². The molecule has 0 aliphatic carbocycles. The number of benzene rings is 4. The van der Waals surface area contributed by atoms with Crippen LogP contribution < -0.4 is 10.0 Å². The fraction of sp³-hybridized carbons (Fsp3) is 0.138. The van der Waals surface area contributed by atoms with Crippen LogP contribution >= 0.6 is 11.8 Å². The summed E-state index contributed by atoms with van der Waals surface area (Å²) in [6, 6.07) is 29.3. The predicted octanol–water partition coefficient (Wildman–Crippen LogP) is 6.88. The van der Waals surface area contributed by atoms with Crippen LogP contribution in [0.3, 0.4) is 0 Å². The summed E-state index contributed by atoms with van der Waals surface area (Å²) in [5.74, 6) is -0.121. The minimum absolute atomic E-state index is 0.121. The molecule has 184 valence electrons. The molecule has 0 fully saturated rings. The van der Waals surface area contributed by atoms with E-state index in [2.05, 4.69) is 10.0 Å². The van der Waals surface area contributed by atoms with E-state index in [9.17, 15) is 13.2 Å². The number of amides is 1. The lowest BCUT2D eigenvalue weighted by atomic mass is 10.1. The number of hydrogen-bond acceptors (Lipinski definition) is 4. The highest BCUT2D eigenvalue weighted by Gasteiger charge is 2.23. The molecule has 0 aliphatic rings. The third-order valence-electron chi connectivity index (χ3n) is 5.68. The monoisotopic (exact) mass is 516 g/mol. The predicted molar refractivity (Wildman–Crippen MR) is 148 cm³/mol. The number of rotatable bonds is 8. The molecule has 0 heterocycles. The number of anilines is 2. The van der Waals surface area contributed by atoms with Crippen molar-refractivity contribution in [3.05, 3.63) is 119 Å². The molecule has 5 nitrogen and oxygen atoms in total. The first kappa shape index (κ1) is 25.5. The molecule has 36 heavy (non-hydrogen) atoms. The van der Waals surface area contributed by atoms with Crippen LogP contribution in [0.25, 0.3) is 0 Å². The van der Waals surface area contributed by atoms with Crippen molar-refractivity contribution < 1.29 is 13.2 Å². The smallest absolute Gasteiger partial charge is 0.261 e. The highest BCUT2D eigenvalue weighted by molar-refractivity contribution is 8.00. The zero-order valence-corrected chi connectivity index (χ0v) is 22.0. The summed E-state index contributed by atoms with van der Waals surface area (Å²) < 4.78 is 28.0. The van der Waals surface area contributed by atoms with Gasteiger partial charge < -0.3 is 5.32 Å². The van der Waals surface area contributed by atoms with Crippen molar-refractivity contribution in [2.24, 2.45) is 0 Å². The van der Waals surface area contributed by atoms with Gasteiger partial charge in [-0.2, -0.15) is 0 Å². The van der Waals surface area contributed by atoms with Crippen LogP contribution in [0.4, 0.5) is 11.4 Å². The van der Waals surface area contributed by atoms with E-state index in [0.717, 1.165) is 32.8 Å². The van der Waals surface area contributed by atoms with Gasteiger partial charge in [-0.05, 0) is 79.9 Å². The van der Waals surface area contributed by atoms with E-state index in [1.54, 1.807) is 36.4 Å². The highest BCUT2D eigenvalue weighted by atomic mass is 32.2. The highest BCUT2D eigenvalue weighted by Crippen LogP contribution is 2.37. The molecule has 1 unspecified atom stereocenters. The maximum Gasteiger partial charge on any atom is 0.261 e. The number of carbonyl (C=O) groups is 1. The van der Waals surface area contributed by atoms with E-state index in [1.807, 2.05) is 81.4 Å². The van der Waals surface area contributed by atoms with Gasteiger partial charge in [0, 0.05) is 16.3 Å². The van der Waals surface area contributed by atoms with Gasteiger partial charge in [0.05, 0.1) is 4.90 Å². The summed E-state index contributed by atoms with van der Waals surface area (Å²) in [6.45, 7) is 5.87. The SMILES string of the molecule is Cc1ccc(S(=O)(=O)Nc2ccc(SC(C(=O)Nc3cc(C)ccc3C)c3ccccc3)cc2)cc1. The lowest BCUT2D eigenvalue weighted by Gasteiger charge is -2.18. The number of sulfonamides is 1. The van der Waals surface area contributed by atoms with E-state index in [-0.39, 0.29) is 10.8 Å². The van der Waals surface area contributed by atoms with E-state index in [0.29, 0.717) is 5.69 Å². The lowest BCUT2D eigenvalue weighted by Crippen LogP contribution is -2.19. The first-order valence-electron chi connectivity index (χ1n) is 11.5. The molecule has 0 aliphatic heterocycles. The van der Waals surface area contributed by atoms with Crippen molar-refractivity contribution in [1.82, 2.24) is 0 Å². The Morgan fingerprint density at radius 1 is 0.778 bits per heavy atom. The van der Waals surface area contributed by atoms with E-state index in [4.69, 9.17) is 0 Å². The molecule has 0 aromatic heterocycles. The van der Waals surface area contributed by atoms with Crippen molar-refractivity contribution in [3.8, 4) is 0 Å². The summed E-state index contributed by atoms with van der Waals surface area (Å²) >= 11 is 1.41. The molecule has 0 saturated carbocycles. The van der Waals surface area contributed by atoms with Gasteiger partial charge in [-0.1, -0.05) is 60.2 Å². The van der Waals surface area contributed by atoms with Gasteiger partial charge in [-0.25, -0.2) is 8.42 Å². The molecule has 0 spiro atoms. The maximum absolute atomic E-state index is 13.4. The average molecular weight is 517 g/mol. The molecule has 2 N–H and O–H groups in total. The Morgan fingerprint density at radius 3 is 2.08 bits per heavy atom. The first-order chi connectivity index (χ1) is 17.2. The Labute approximate surface area is 217 Å². The Morgan fingerprint density at radius 2 is 1.42 bits per heavy atom. The van der Waals surface area contributed by atoms with Crippen molar-refractivity contribution in [2.75, 3.05) is 10.0 Å². The third-order valence-corrected chi connectivity index (χ3v) is 8.35. The van der Waals surface area contributed by atoms with Crippen LogP contribution in [-0.2, 0) is 14.8 Å². The molecule has 1 atom stereocenters. The number of carbonyl (C=O) groups excluding carboxylic acids is 1. The van der Waals surface area contributed by atoms with Crippen LogP contribution in [0.15, 0.2) is 107 Å². The number of thioether (sulfide) groups is 1. The van der Waals surface area contributed by atoms with E-state index < -0.39 is 15.3 Å². The van der Waals surface area contributed by atoms with Gasteiger partial charge in [0.2, 0.25) is 5.91 Å². The second kappa shape index (κ2) is 11.0. The van der Waals surface area contributed by atoms with Gasteiger partial charge in [0.15, 0.2) is 0 Å². The van der Waals surface area contributed by atoms with Gasteiger partial charge in [-0.3, -0.25) is 9.52 Å². The summed E-state index contributed by atoms with van der Waals surface area (Å²) in [4.78, 5) is 14.4. The Hall–Kier alpha value is -3.55. The molecule has 0 saturated heterocycles. The quantitative estimate of drug-likeness (QED) is 0.250. The largest absolute Gasteiger partial charge is 0.325 e. The summed E-state index contributed by atoms with van der Waals surface area (Å²) in [5.41, 5.74) is 5.19. The topological polar surface area (TPSA) is 75.3 Å². The number of aryl methyl sites for hydroxylation is 3. The van der Waals surface area contributed by atoms with Gasteiger partial charge in [0.25, 0.3) is 10.0 Å². The number of nitrogens with one attached hydrogen (secondary N) is 2. The van der Waals surface area contributed by atoms with Crippen LogP contribution in [-0.4, -0.2) is 14.3 Å². The number of hydrogen-bond donors (Lipinski definition) is 2. The zero-order valence-electron chi connectivity index (χ0n) is 20.4. The van der Waals surface area contributed by atoms with Crippen molar-refractivity contribution in [2.45, 2.75) is 35.8 Å².